The standard InChI is InChI=1S/C13H23N3S/c1-11(12-16-7-8-17-12)9-15-10-13(14)5-3-2-4-6-13/h7-8,11,15H,2-6,9-10,14H2,1H3. The van der Waals surface area contributed by atoms with Crippen molar-refractivity contribution in [1.82, 2.24) is 10.3 Å². The molecule has 0 aromatic carbocycles. The molecule has 1 aromatic heterocycles. The summed E-state index contributed by atoms with van der Waals surface area (Å²) in [6.45, 7) is 4.14. The van der Waals surface area contributed by atoms with Crippen molar-refractivity contribution in [1.29, 1.82) is 0 Å². The van der Waals surface area contributed by atoms with E-state index in [1.54, 1.807) is 11.3 Å². The molecule has 2 rings (SSSR count). The van der Waals surface area contributed by atoms with Crippen molar-refractivity contribution in [2.24, 2.45) is 5.73 Å². The highest BCUT2D eigenvalue weighted by molar-refractivity contribution is 7.09. The smallest absolute Gasteiger partial charge is 0.0965 e. The molecular weight excluding hydrogens is 230 g/mol. The minimum atomic E-state index is 0.0425. The van der Waals surface area contributed by atoms with Gasteiger partial charge in [0, 0.05) is 36.1 Å². The number of aromatic nitrogens is 1. The zero-order chi connectivity index (χ0) is 12.1. The van der Waals surface area contributed by atoms with Gasteiger partial charge in [0.25, 0.3) is 0 Å². The van der Waals surface area contributed by atoms with Crippen LogP contribution in [-0.4, -0.2) is 23.6 Å². The van der Waals surface area contributed by atoms with Crippen LogP contribution in [0.2, 0.25) is 0 Å². The van der Waals surface area contributed by atoms with Gasteiger partial charge in [-0.1, -0.05) is 26.2 Å². The first kappa shape index (κ1) is 13.0. The summed E-state index contributed by atoms with van der Waals surface area (Å²) in [7, 11) is 0. The van der Waals surface area contributed by atoms with E-state index in [-0.39, 0.29) is 5.54 Å². The van der Waals surface area contributed by atoms with Crippen LogP contribution in [0.25, 0.3) is 0 Å². The molecule has 1 fully saturated rings. The van der Waals surface area contributed by atoms with Crippen molar-refractivity contribution < 1.29 is 0 Å². The molecular formula is C13H23N3S. The van der Waals surface area contributed by atoms with Crippen molar-refractivity contribution in [3.05, 3.63) is 16.6 Å². The molecule has 96 valence electrons. The number of nitrogens with two attached hydrogens (primary N) is 1. The van der Waals surface area contributed by atoms with Crippen LogP contribution in [0.15, 0.2) is 11.6 Å². The van der Waals surface area contributed by atoms with Crippen LogP contribution in [-0.2, 0) is 0 Å². The fourth-order valence-corrected chi connectivity index (χ4v) is 3.23. The molecule has 0 spiro atoms. The summed E-state index contributed by atoms with van der Waals surface area (Å²) in [6.07, 6.45) is 8.16. The van der Waals surface area contributed by atoms with Gasteiger partial charge in [0.1, 0.15) is 0 Å². The number of nitrogens with one attached hydrogen (secondary N) is 1. The average molecular weight is 253 g/mol. The number of hydrogen-bond donors (Lipinski definition) is 2. The molecule has 0 radical (unpaired) electrons. The molecule has 1 aliphatic rings. The van der Waals surface area contributed by atoms with Crippen molar-refractivity contribution >= 4 is 11.3 Å². The predicted octanol–water partition coefficient (Wildman–Crippen LogP) is 2.50. The Bertz CT molecular complexity index is 317. The maximum Gasteiger partial charge on any atom is 0.0965 e. The van der Waals surface area contributed by atoms with E-state index in [0.717, 1.165) is 13.1 Å². The topological polar surface area (TPSA) is 50.9 Å². The van der Waals surface area contributed by atoms with E-state index in [4.69, 9.17) is 5.73 Å². The van der Waals surface area contributed by atoms with Crippen LogP contribution in [0.1, 0.15) is 50.0 Å². The summed E-state index contributed by atoms with van der Waals surface area (Å²) in [6, 6.07) is 0. The third-order valence-corrected chi connectivity index (χ3v) is 4.66. The van der Waals surface area contributed by atoms with Crippen LogP contribution in [0.3, 0.4) is 0 Å². The fraction of sp³-hybridized carbons (Fsp3) is 0.769. The van der Waals surface area contributed by atoms with E-state index in [2.05, 4.69) is 17.2 Å². The lowest BCUT2D eigenvalue weighted by Crippen LogP contribution is -2.50. The molecule has 1 aliphatic carbocycles. The Labute approximate surface area is 108 Å². The Morgan fingerprint density at radius 1 is 1.47 bits per heavy atom. The molecule has 3 N–H and O–H groups in total. The highest BCUT2D eigenvalue weighted by atomic mass is 32.1. The summed E-state index contributed by atoms with van der Waals surface area (Å²) >= 11 is 1.73. The molecule has 3 nitrogen and oxygen atoms in total. The lowest BCUT2D eigenvalue weighted by Gasteiger charge is -2.34. The van der Waals surface area contributed by atoms with Crippen molar-refractivity contribution in [3.63, 3.8) is 0 Å². The average Bonchev–Trinajstić information content (AvgIpc) is 2.83. The van der Waals surface area contributed by atoms with Gasteiger partial charge in [-0.05, 0) is 12.8 Å². The van der Waals surface area contributed by atoms with Gasteiger partial charge in [-0.2, -0.15) is 0 Å². The van der Waals surface area contributed by atoms with Crippen LogP contribution in [0.5, 0.6) is 0 Å². The molecule has 0 amide bonds. The zero-order valence-electron chi connectivity index (χ0n) is 10.6. The minimum absolute atomic E-state index is 0.0425. The molecule has 4 heteroatoms. The lowest BCUT2D eigenvalue weighted by molar-refractivity contribution is 0.282. The molecule has 1 saturated carbocycles. The molecule has 1 heterocycles. The second kappa shape index (κ2) is 5.94. The number of nitrogens with zero attached hydrogens (tertiary/aromatic N) is 1. The number of thiazole rings is 1. The summed E-state index contributed by atoms with van der Waals surface area (Å²) in [5.41, 5.74) is 6.43. The maximum atomic E-state index is 6.39. The number of rotatable bonds is 5. The van der Waals surface area contributed by atoms with Crippen molar-refractivity contribution in [3.8, 4) is 0 Å². The lowest BCUT2D eigenvalue weighted by atomic mass is 9.82. The van der Waals surface area contributed by atoms with Gasteiger partial charge in [-0.25, -0.2) is 4.98 Å². The Hall–Kier alpha value is -0.450. The van der Waals surface area contributed by atoms with Gasteiger partial charge in [0.05, 0.1) is 5.01 Å². The molecule has 1 aromatic rings. The molecule has 1 atom stereocenters. The molecule has 0 bridgehead atoms. The Balaban J connectivity index is 1.72. The van der Waals surface area contributed by atoms with Crippen LogP contribution in [0, 0.1) is 0 Å². The monoisotopic (exact) mass is 253 g/mol. The number of hydrogen-bond acceptors (Lipinski definition) is 4. The maximum absolute atomic E-state index is 6.39. The first-order valence-corrected chi connectivity index (χ1v) is 7.47. The van der Waals surface area contributed by atoms with E-state index in [9.17, 15) is 0 Å². The first-order valence-electron chi connectivity index (χ1n) is 6.59. The van der Waals surface area contributed by atoms with Crippen LogP contribution in [0.4, 0.5) is 0 Å². The van der Waals surface area contributed by atoms with Crippen molar-refractivity contribution in [2.75, 3.05) is 13.1 Å². The Morgan fingerprint density at radius 3 is 2.88 bits per heavy atom. The Morgan fingerprint density at radius 2 is 2.24 bits per heavy atom. The van der Waals surface area contributed by atoms with E-state index in [1.165, 1.54) is 37.1 Å². The van der Waals surface area contributed by atoms with Gasteiger partial charge in [-0.3, -0.25) is 0 Å². The summed E-state index contributed by atoms with van der Waals surface area (Å²) in [4.78, 5) is 4.35. The van der Waals surface area contributed by atoms with E-state index < -0.39 is 0 Å². The second-order valence-corrected chi connectivity index (χ2v) is 6.25. The third-order valence-electron chi connectivity index (χ3n) is 3.65. The minimum Gasteiger partial charge on any atom is -0.324 e. The normalized spacial score (nSPS) is 21.3. The highest BCUT2D eigenvalue weighted by Crippen LogP contribution is 2.25. The fourth-order valence-electron chi connectivity index (χ4n) is 2.54. The third kappa shape index (κ3) is 3.76. The van der Waals surface area contributed by atoms with E-state index >= 15 is 0 Å². The molecule has 0 aliphatic heterocycles. The SMILES string of the molecule is CC(CNCC1(N)CCCCC1)c1nccs1. The predicted molar refractivity (Wildman–Crippen MR) is 73.4 cm³/mol. The summed E-state index contributed by atoms with van der Waals surface area (Å²) in [5.74, 6) is 0.488. The molecule has 17 heavy (non-hydrogen) atoms. The quantitative estimate of drug-likeness (QED) is 0.847. The highest BCUT2D eigenvalue weighted by Gasteiger charge is 2.26. The van der Waals surface area contributed by atoms with Gasteiger partial charge in [0.15, 0.2) is 0 Å². The van der Waals surface area contributed by atoms with E-state index in [1.807, 2.05) is 11.6 Å². The molecule has 1 unspecified atom stereocenters. The molecule has 0 saturated heterocycles. The first-order chi connectivity index (χ1) is 8.20. The van der Waals surface area contributed by atoms with Crippen LogP contribution < -0.4 is 11.1 Å². The van der Waals surface area contributed by atoms with E-state index in [0.29, 0.717) is 5.92 Å². The largest absolute Gasteiger partial charge is 0.324 e. The van der Waals surface area contributed by atoms with Crippen molar-refractivity contribution in [2.45, 2.75) is 50.5 Å². The van der Waals surface area contributed by atoms with Gasteiger partial charge in [-0.15, -0.1) is 11.3 Å². The Kier molecular flexibility index (Phi) is 4.54. The van der Waals surface area contributed by atoms with Gasteiger partial charge in [0.2, 0.25) is 0 Å². The van der Waals surface area contributed by atoms with Gasteiger partial charge >= 0.3 is 0 Å². The summed E-state index contributed by atoms with van der Waals surface area (Å²) in [5, 5.41) is 6.78. The van der Waals surface area contributed by atoms with Gasteiger partial charge < -0.3 is 11.1 Å². The van der Waals surface area contributed by atoms with Crippen LogP contribution >= 0.6 is 11.3 Å². The summed E-state index contributed by atoms with van der Waals surface area (Å²) < 4.78 is 0. The second-order valence-electron chi connectivity index (χ2n) is 5.33. The zero-order valence-corrected chi connectivity index (χ0v) is 11.4.